The summed E-state index contributed by atoms with van der Waals surface area (Å²) in [5.74, 6) is -2.30. The summed E-state index contributed by atoms with van der Waals surface area (Å²) in [5.41, 5.74) is 0. The molecule has 162 valence electrons. The summed E-state index contributed by atoms with van der Waals surface area (Å²) in [4.78, 5) is 46.1. The molecule has 0 spiro atoms. The van der Waals surface area contributed by atoms with Crippen LogP contribution in [0.2, 0.25) is 0 Å². The van der Waals surface area contributed by atoms with Gasteiger partial charge in [-0.05, 0) is 19.8 Å². The van der Waals surface area contributed by atoms with Crippen LogP contribution in [0.25, 0.3) is 0 Å². The molecule has 0 fully saturated rings. The van der Waals surface area contributed by atoms with E-state index >= 15 is 0 Å². The summed E-state index contributed by atoms with van der Waals surface area (Å²) >= 11 is 0. The Morgan fingerprint density at radius 3 is 2.07 bits per heavy atom. The molecule has 0 aliphatic rings. The highest BCUT2D eigenvalue weighted by atomic mass is 16.5. The van der Waals surface area contributed by atoms with Crippen LogP contribution in [-0.4, -0.2) is 48.1 Å². The zero-order valence-corrected chi connectivity index (χ0v) is 17.3. The molecule has 0 aromatic rings. The van der Waals surface area contributed by atoms with Crippen LogP contribution in [0.4, 0.5) is 4.79 Å². The summed E-state index contributed by atoms with van der Waals surface area (Å²) in [7, 11) is 0. The van der Waals surface area contributed by atoms with Crippen LogP contribution in [0, 0.1) is 0 Å². The fourth-order valence-electron chi connectivity index (χ4n) is 2.67. The Bertz CT molecular complexity index is 481. The van der Waals surface area contributed by atoms with Crippen molar-refractivity contribution in [1.29, 1.82) is 0 Å². The SMILES string of the molecule is CCCCCCCCCCC(=O)C(=O)N[C@H](CCC(=O)O)COC(=O)NCC. The van der Waals surface area contributed by atoms with E-state index in [2.05, 4.69) is 17.6 Å². The number of carboxylic acid groups (broad SMARTS) is 1. The first-order chi connectivity index (χ1) is 13.4. The summed E-state index contributed by atoms with van der Waals surface area (Å²) in [6.07, 6.45) is 8.09. The topological polar surface area (TPSA) is 122 Å². The number of unbranched alkanes of at least 4 members (excludes halogenated alkanes) is 7. The second kappa shape index (κ2) is 17.0. The van der Waals surface area contributed by atoms with E-state index in [0.717, 1.165) is 19.3 Å². The molecule has 0 aliphatic heterocycles. The average Bonchev–Trinajstić information content (AvgIpc) is 2.65. The number of alkyl carbamates (subject to hydrolysis) is 1. The van der Waals surface area contributed by atoms with Gasteiger partial charge in [0.25, 0.3) is 5.91 Å². The number of ether oxygens (including phenoxy) is 1. The highest BCUT2D eigenvalue weighted by Gasteiger charge is 2.20. The van der Waals surface area contributed by atoms with Gasteiger partial charge in [-0.25, -0.2) is 4.79 Å². The van der Waals surface area contributed by atoms with Crippen molar-refractivity contribution in [3.63, 3.8) is 0 Å². The van der Waals surface area contributed by atoms with Crippen LogP contribution in [0.1, 0.15) is 84.5 Å². The normalized spacial score (nSPS) is 11.5. The zero-order chi connectivity index (χ0) is 21.2. The van der Waals surface area contributed by atoms with E-state index in [4.69, 9.17) is 9.84 Å². The summed E-state index contributed by atoms with van der Waals surface area (Å²) in [5, 5.41) is 13.7. The van der Waals surface area contributed by atoms with Crippen molar-refractivity contribution in [3.8, 4) is 0 Å². The van der Waals surface area contributed by atoms with Gasteiger partial charge in [0.2, 0.25) is 5.78 Å². The summed E-state index contributed by atoms with van der Waals surface area (Å²) < 4.78 is 4.94. The molecule has 0 heterocycles. The molecule has 8 nitrogen and oxygen atoms in total. The van der Waals surface area contributed by atoms with Crippen molar-refractivity contribution >= 4 is 23.8 Å². The molecule has 0 radical (unpaired) electrons. The fraction of sp³-hybridized carbons (Fsp3) is 0.800. The van der Waals surface area contributed by atoms with E-state index in [1.807, 2.05) is 0 Å². The maximum atomic E-state index is 12.0. The lowest BCUT2D eigenvalue weighted by atomic mass is 10.1. The largest absolute Gasteiger partial charge is 0.481 e. The van der Waals surface area contributed by atoms with Crippen LogP contribution in [0.15, 0.2) is 0 Å². The Balaban J connectivity index is 4.18. The Kier molecular flexibility index (Phi) is 15.7. The predicted octanol–water partition coefficient (Wildman–Crippen LogP) is 3.18. The lowest BCUT2D eigenvalue weighted by Crippen LogP contribution is -2.43. The highest BCUT2D eigenvalue weighted by Crippen LogP contribution is 2.10. The van der Waals surface area contributed by atoms with E-state index in [9.17, 15) is 19.2 Å². The second-order valence-corrected chi connectivity index (χ2v) is 6.88. The highest BCUT2D eigenvalue weighted by molar-refractivity contribution is 6.36. The third-order valence-corrected chi connectivity index (χ3v) is 4.29. The maximum absolute atomic E-state index is 12.0. The number of nitrogens with one attached hydrogen (secondary N) is 2. The average molecular weight is 401 g/mol. The minimum Gasteiger partial charge on any atom is -0.481 e. The van der Waals surface area contributed by atoms with Crippen molar-refractivity contribution < 1.29 is 29.0 Å². The molecule has 3 N–H and O–H groups in total. The lowest BCUT2D eigenvalue weighted by Gasteiger charge is -2.17. The van der Waals surface area contributed by atoms with Crippen LogP contribution in [-0.2, 0) is 19.1 Å². The number of aliphatic carboxylic acids is 1. The van der Waals surface area contributed by atoms with Gasteiger partial charge >= 0.3 is 12.1 Å². The van der Waals surface area contributed by atoms with Gasteiger partial charge in [-0.15, -0.1) is 0 Å². The van der Waals surface area contributed by atoms with Crippen molar-refractivity contribution in [3.05, 3.63) is 0 Å². The minimum atomic E-state index is -1.03. The Hall–Kier alpha value is -2.12. The number of ketones is 1. The van der Waals surface area contributed by atoms with Gasteiger partial charge in [0.1, 0.15) is 6.61 Å². The van der Waals surface area contributed by atoms with E-state index in [-0.39, 0.29) is 25.9 Å². The van der Waals surface area contributed by atoms with Crippen molar-refractivity contribution in [2.45, 2.75) is 90.5 Å². The number of carbonyl (C=O) groups is 4. The standard InChI is InChI=1S/C20H36N2O6/c1-3-5-6-7-8-9-10-11-12-17(23)19(26)22-16(13-14-18(24)25)15-28-20(27)21-4-2/h16H,3-15H2,1-2H3,(H,21,27)(H,22,26)(H,24,25)/t16-/m1/s1. The molecule has 28 heavy (non-hydrogen) atoms. The fourth-order valence-corrected chi connectivity index (χ4v) is 2.67. The Labute approximate surface area is 167 Å². The number of carboxylic acids is 1. The number of hydrogen-bond donors (Lipinski definition) is 3. The first kappa shape index (κ1) is 25.9. The molecule has 0 aromatic carbocycles. The van der Waals surface area contributed by atoms with Crippen molar-refractivity contribution in [2.24, 2.45) is 0 Å². The minimum absolute atomic E-state index is 0.0749. The van der Waals surface area contributed by atoms with E-state index in [1.165, 1.54) is 25.7 Å². The van der Waals surface area contributed by atoms with Crippen LogP contribution < -0.4 is 10.6 Å². The number of carbonyl (C=O) groups excluding carboxylic acids is 3. The number of Topliss-reactive ketones (excluding diaryl/α,β-unsaturated/α-hetero) is 1. The monoisotopic (exact) mass is 400 g/mol. The van der Waals surface area contributed by atoms with Gasteiger partial charge in [-0.2, -0.15) is 0 Å². The molecule has 1 atom stereocenters. The molecule has 0 aromatic heterocycles. The van der Waals surface area contributed by atoms with Crippen molar-refractivity contribution in [2.75, 3.05) is 13.2 Å². The smallest absolute Gasteiger partial charge is 0.407 e. The van der Waals surface area contributed by atoms with Gasteiger partial charge in [0.15, 0.2) is 0 Å². The van der Waals surface area contributed by atoms with Gasteiger partial charge in [-0.3, -0.25) is 14.4 Å². The van der Waals surface area contributed by atoms with Gasteiger partial charge in [-0.1, -0.05) is 51.9 Å². The van der Waals surface area contributed by atoms with Crippen LogP contribution >= 0.6 is 0 Å². The molecular weight excluding hydrogens is 364 g/mol. The Morgan fingerprint density at radius 1 is 0.893 bits per heavy atom. The van der Waals surface area contributed by atoms with Gasteiger partial charge < -0.3 is 20.5 Å². The second-order valence-electron chi connectivity index (χ2n) is 6.88. The van der Waals surface area contributed by atoms with Crippen LogP contribution in [0.3, 0.4) is 0 Å². The zero-order valence-electron chi connectivity index (χ0n) is 17.3. The first-order valence-electron chi connectivity index (χ1n) is 10.4. The third-order valence-electron chi connectivity index (χ3n) is 4.29. The van der Waals surface area contributed by atoms with E-state index < -0.39 is 29.8 Å². The van der Waals surface area contributed by atoms with E-state index in [1.54, 1.807) is 6.92 Å². The molecule has 0 bridgehead atoms. The quantitative estimate of drug-likeness (QED) is 0.255. The Morgan fingerprint density at radius 2 is 1.50 bits per heavy atom. The molecule has 2 amide bonds. The molecule has 0 saturated heterocycles. The first-order valence-corrected chi connectivity index (χ1v) is 10.4. The molecule has 8 heteroatoms. The molecule has 0 aliphatic carbocycles. The summed E-state index contributed by atoms with van der Waals surface area (Å²) in [6.45, 7) is 4.11. The van der Waals surface area contributed by atoms with E-state index in [0.29, 0.717) is 13.0 Å². The lowest BCUT2D eigenvalue weighted by molar-refractivity contribution is -0.139. The van der Waals surface area contributed by atoms with Crippen molar-refractivity contribution in [1.82, 2.24) is 10.6 Å². The molecule has 0 saturated carbocycles. The van der Waals surface area contributed by atoms with Gasteiger partial charge in [0, 0.05) is 19.4 Å². The maximum Gasteiger partial charge on any atom is 0.407 e. The number of hydrogen-bond acceptors (Lipinski definition) is 5. The molecule has 0 rings (SSSR count). The molecular formula is C20H36N2O6. The predicted molar refractivity (Wildman–Crippen MR) is 106 cm³/mol. The van der Waals surface area contributed by atoms with Gasteiger partial charge in [0.05, 0.1) is 6.04 Å². The van der Waals surface area contributed by atoms with Crippen LogP contribution in [0.5, 0.6) is 0 Å². The number of amides is 2. The molecule has 0 unspecified atom stereocenters. The third kappa shape index (κ3) is 15.0. The number of rotatable bonds is 17. The summed E-state index contributed by atoms with van der Waals surface area (Å²) in [6, 6.07) is -0.714.